The molecule has 0 aliphatic rings. The Bertz CT molecular complexity index is 572. The number of aromatic nitrogens is 2. The first kappa shape index (κ1) is 12.4. The van der Waals surface area contributed by atoms with Crippen molar-refractivity contribution in [2.24, 2.45) is 0 Å². The van der Waals surface area contributed by atoms with Gasteiger partial charge in [0.1, 0.15) is 5.69 Å². The zero-order valence-electron chi connectivity index (χ0n) is 10.7. The molecule has 0 unspecified atom stereocenters. The standard InChI is InChI=1S/C14H17N3O/c1-3-9-17-13(7-8-16-17)14(18)11-5-4-6-12(15)10(11)2/h4-8H,3,9,15H2,1-2H3. The summed E-state index contributed by atoms with van der Waals surface area (Å²) in [4.78, 5) is 12.5. The van der Waals surface area contributed by atoms with Crippen molar-refractivity contribution in [1.29, 1.82) is 0 Å². The number of anilines is 1. The molecule has 0 spiro atoms. The van der Waals surface area contributed by atoms with Gasteiger partial charge in [-0.05, 0) is 31.0 Å². The smallest absolute Gasteiger partial charge is 0.211 e. The summed E-state index contributed by atoms with van der Waals surface area (Å²) in [6, 6.07) is 7.16. The fourth-order valence-electron chi connectivity index (χ4n) is 1.95. The van der Waals surface area contributed by atoms with E-state index in [0.717, 1.165) is 18.5 Å². The van der Waals surface area contributed by atoms with E-state index in [4.69, 9.17) is 5.73 Å². The van der Waals surface area contributed by atoms with E-state index in [1.54, 1.807) is 35.1 Å². The highest BCUT2D eigenvalue weighted by Crippen LogP contribution is 2.19. The van der Waals surface area contributed by atoms with E-state index in [9.17, 15) is 4.79 Å². The maximum absolute atomic E-state index is 12.5. The van der Waals surface area contributed by atoms with Crippen LogP contribution < -0.4 is 5.73 Å². The minimum atomic E-state index is -0.0225. The van der Waals surface area contributed by atoms with Crippen LogP contribution in [0.4, 0.5) is 5.69 Å². The van der Waals surface area contributed by atoms with Crippen molar-refractivity contribution in [3.8, 4) is 0 Å². The van der Waals surface area contributed by atoms with E-state index in [2.05, 4.69) is 12.0 Å². The van der Waals surface area contributed by atoms with Gasteiger partial charge in [-0.15, -0.1) is 0 Å². The van der Waals surface area contributed by atoms with Crippen molar-refractivity contribution in [3.05, 3.63) is 47.3 Å². The van der Waals surface area contributed by atoms with Crippen molar-refractivity contribution in [1.82, 2.24) is 9.78 Å². The number of benzene rings is 1. The number of carbonyl (C=O) groups excluding carboxylic acids is 1. The summed E-state index contributed by atoms with van der Waals surface area (Å²) in [7, 11) is 0. The minimum absolute atomic E-state index is 0.0225. The van der Waals surface area contributed by atoms with Crippen molar-refractivity contribution in [3.63, 3.8) is 0 Å². The second-order valence-electron chi connectivity index (χ2n) is 4.29. The van der Waals surface area contributed by atoms with Crippen LogP contribution in [0, 0.1) is 6.92 Å². The van der Waals surface area contributed by atoms with E-state index in [-0.39, 0.29) is 5.78 Å². The molecule has 0 saturated heterocycles. The number of nitrogens with zero attached hydrogens (tertiary/aromatic N) is 2. The zero-order chi connectivity index (χ0) is 13.1. The molecular formula is C14H17N3O. The molecule has 0 radical (unpaired) electrons. The van der Waals surface area contributed by atoms with E-state index in [0.29, 0.717) is 16.9 Å². The van der Waals surface area contributed by atoms with E-state index in [1.807, 2.05) is 6.92 Å². The van der Waals surface area contributed by atoms with Gasteiger partial charge in [0, 0.05) is 24.0 Å². The van der Waals surface area contributed by atoms with Crippen molar-refractivity contribution >= 4 is 11.5 Å². The fraction of sp³-hybridized carbons (Fsp3) is 0.286. The van der Waals surface area contributed by atoms with Crippen LogP contribution in [0.1, 0.15) is 35.0 Å². The quantitative estimate of drug-likeness (QED) is 0.662. The van der Waals surface area contributed by atoms with Gasteiger partial charge in [0.2, 0.25) is 5.78 Å². The molecular weight excluding hydrogens is 226 g/mol. The first-order valence-corrected chi connectivity index (χ1v) is 6.06. The van der Waals surface area contributed by atoms with Crippen LogP contribution in [-0.2, 0) is 6.54 Å². The molecule has 4 heteroatoms. The van der Waals surface area contributed by atoms with Crippen LogP contribution >= 0.6 is 0 Å². The molecule has 1 heterocycles. The number of rotatable bonds is 4. The Morgan fingerprint density at radius 2 is 2.17 bits per heavy atom. The van der Waals surface area contributed by atoms with Crippen LogP contribution in [-0.4, -0.2) is 15.6 Å². The Labute approximate surface area is 106 Å². The first-order valence-electron chi connectivity index (χ1n) is 6.06. The van der Waals surface area contributed by atoms with Crippen LogP contribution in [0.15, 0.2) is 30.5 Å². The summed E-state index contributed by atoms with van der Waals surface area (Å²) < 4.78 is 1.74. The number of ketones is 1. The average molecular weight is 243 g/mol. The van der Waals surface area contributed by atoms with Gasteiger partial charge >= 0.3 is 0 Å². The lowest BCUT2D eigenvalue weighted by Crippen LogP contribution is -2.13. The second kappa shape index (κ2) is 5.04. The third-order valence-electron chi connectivity index (χ3n) is 3.00. The van der Waals surface area contributed by atoms with E-state index >= 15 is 0 Å². The number of hydrogen-bond acceptors (Lipinski definition) is 3. The largest absolute Gasteiger partial charge is 0.398 e. The zero-order valence-corrected chi connectivity index (χ0v) is 10.7. The molecule has 0 atom stereocenters. The summed E-state index contributed by atoms with van der Waals surface area (Å²) in [5.74, 6) is -0.0225. The van der Waals surface area contributed by atoms with Crippen LogP contribution in [0.5, 0.6) is 0 Å². The van der Waals surface area contributed by atoms with Crippen molar-refractivity contribution in [2.75, 3.05) is 5.73 Å². The molecule has 94 valence electrons. The van der Waals surface area contributed by atoms with Gasteiger partial charge in [0.05, 0.1) is 0 Å². The van der Waals surface area contributed by atoms with Crippen molar-refractivity contribution in [2.45, 2.75) is 26.8 Å². The number of nitrogens with two attached hydrogens (primary N) is 1. The molecule has 2 rings (SSSR count). The molecule has 0 bridgehead atoms. The van der Waals surface area contributed by atoms with Gasteiger partial charge in [-0.25, -0.2) is 0 Å². The molecule has 1 aromatic carbocycles. The van der Waals surface area contributed by atoms with E-state index in [1.165, 1.54) is 0 Å². The molecule has 0 aliphatic heterocycles. The molecule has 0 fully saturated rings. The van der Waals surface area contributed by atoms with Gasteiger partial charge in [-0.1, -0.05) is 19.1 Å². The maximum atomic E-state index is 12.5. The number of carbonyl (C=O) groups is 1. The molecule has 2 N–H and O–H groups in total. The molecule has 2 aromatic rings. The normalized spacial score (nSPS) is 10.6. The second-order valence-corrected chi connectivity index (χ2v) is 4.29. The third kappa shape index (κ3) is 2.14. The SMILES string of the molecule is CCCn1nccc1C(=O)c1cccc(N)c1C. The topological polar surface area (TPSA) is 60.9 Å². The lowest BCUT2D eigenvalue weighted by molar-refractivity contribution is 0.102. The van der Waals surface area contributed by atoms with Crippen LogP contribution in [0.25, 0.3) is 0 Å². The average Bonchev–Trinajstić information content (AvgIpc) is 2.80. The Kier molecular flexibility index (Phi) is 3.46. The molecule has 0 saturated carbocycles. The number of nitrogen functional groups attached to an aromatic ring is 1. The van der Waals surface area contributed by atoms with Gasteiger partial charge in [0.15, 0.2) is 0 Å². The third-order valence-corrected chi connectivity index (χ3v) is 3.00. The predicted octanol–water partition coefficient (Wildman–Crippen LogP) is 2.41. The Morgan fingerprint density at radius 3 is 2.89 bits per heavy atom. The highest BCUT2D eigenvalue weighted by Gasteiger charge is 2.16. The van der Waals surface area contributed by atoms with Gasteiger partial charge < -0.3 is 5.73 Å². The maximum Gasteiger partial charge on any atom is 0.211 e. The highest BCUT2D eigenvalue weighted by atomic mass is 16.1. The minimum Gasteiger partial charge on any atom is -0.398 e. The van der Waals surface area contributed by atoms with Crippen molar-refractivity contribution < 1.29 is 4.79 Å². The lowest BCUT2D eigenvalue weighted by atomic mass is 10.0. The summed E-state index contributed by atoms with van der Waals surface area (Å²) in [5.41, 5.74) is 8.56. The molecule has 0 aliphatic carbocycles. The molecule has 4 nitrogen and oxygen atoms in total. The molecule has 1 aromatic heterocycles. The van der Waals surface area contributed by atoms with E-state index < -0.39 is 0 Å². The Hall–Kier alpha value is -2.10. The van der Waals surface area contributed by atoms with Crippen LogP contribution in [0.3, 0.4) is 0 Å². The summed E-state index contributed by atoms with van der Waals surface area (Å²) >= 11 is 0. The Morgan fingerprint density at radius 1 is 1.39 bits per heavy atom. The summed E-state index contributed by atoms with van der Waals surface area (Å²) in [5, 5.41) is 4.17. The molecule has 18 heavy (non-hydrogen) atoms. The highest BCUT2D eigenvalue weighted by molar-refractivity contribution is 6.09. The summed E-state index contributed by atoms with van der Waals surface area (Å²) in [6.45, 7) is 4.67. The summed E-state index contributed by atoms with van der Waals surface area (Å²) in [6.07, 6.45) is 2.60. The lowest BCUT2D eigenvalue weighted by Gasteiger charge is -2.09. The Balaban J connectivity index is 2.42. The monoisotopic (exact) mass is 243 g/mol. The number of hydrogen-bond donors (Lipinski definition) is 1. The molecule has 0 amide bonds. The van der Waals surface area contributed by atoms with Gasteiger partial charge in [-0.3, -0.25) is 9.48 Å². The van der Waals surface area contributed by atoms with Gasteiger partial charge in [-0.2, -0.15) is 5.10 Å². The fourth-order valence-corrected chi connectivity index (χ4v) is 1.95. The predicted molar refractivity (Wildman–Crippen MR) is 71.5 cm³/mol. The van der Waals surface area contributed by atoms with Crippen LogP contribution in [0.2, 0.25) is 0 Å². The first-order chi connectivity index (χ1) is 8.65. The number of aryl methyl sites for hydroxylation is 1. The van der Waals surface area contributed by atoms with Gasteiger partial charge in [0.25, 0.3) is 0 Å².